The summed E-state index contributed by atoms with van der Waals surface area (Å²) in [4.78, 5) is 0. The molecule has 2 rings (SSSR count). The highest BCUT2D eigenvalue weighted by molar-refractivity contribution is 9.10. The van der Waals surface area contributed by atoms with Crippen molar-refractivity contribution in [3.05, 3.63) is 57.8 Å². The summed E-state index contributed by atoms with van der Waals surface area (Å²) in [5.41, 5.74) is 7.50. The monoisotopic (exact) mass is 353 g/mol. The SMILES string of the molecule is COc1ccc(OCc2ccc(F)cc2Br)c(CCN)c1. The summed E-state index contributed by atoms with van der Waals surface area (Å²) in [6, 6.07) is 10.2. The van der Waals surface area contributed by atoms with E-state index >= 15 is 0 Å². The van der Waals surface area contributed by atoms with Crippen LogP contribution in [0, 0.1) is 5.82 Å². The molecule has 0 aliphatic rings. The molecule has 2 aromatic carbocycles. The molecule has 0 saturated carbocycles. The number of benzene rings is 2. The van der Waals surface area contributed by atoms with Gasteiger partial charge in [-0.1, -0.05) is 22.0 Å². The number of hydrogen-bond donors (Lipinski definition) is 1. The van der Waals surface area contributed by atoms with Gasteiger partial charge in [-0.25, -0.2) is 4.39 Å². The molecule has 0 unspecified atom stereocenters. The van der Waals surface area contributed by atoms with Crippen molar-refractivity contribution in [2.24, 2.45) is 5.73 Å². The first-order valence-electron chi connectivity index (χ1n) is 6.57. The Kier molecular flexibility index (Phi) is 5.59. The highest BCUT2D eigenvalue weighted by Crippen LogP contribution is 2.26. The summed E-state index contributed by atoms with van der Waals surface area (Å²) in [5.74, 6) is 1.25. The molecule has 0 spiro atoms. The molecule has 0 aliphatic carbocycles. The lowest BCUT2D eigenvalue weighted by atomic mass is 10.1. The molecule has 0 fully saturated rings. The van der Waals surface area contributed by atoms with Crippen molar-refractivity contribution in [3.63, 3.8) is 0 Å². The third-order valence-corrected chi connectivity index (χ3v) is 3.82. The van der Waals surface area contributed by atoms with Crippen molar-refractivity contribution >= 4 is 15.9 Å². The first-order valence-corrected chi connectivity index (χ1v) is 7.37. The fourth-order valence-electron chi connectivity index (χ4n) is 1.97. The van der Waals surface area contributed by atoms with Gasteiger partial charge in [0.05, 0.1) is 7.11 Å². The van der Waals surface area contributed by atoms with E-state index in [1.165, 1.54) is 12.1 Å². The maximum absolute atomic E-state index is 13.1. The van der Waals surface area contributed by atoms with Gasteiger partial charge in [0.15, 0.2) is 0 Å². The Morgan fingerprint density at radius 1 is 1.14 bits per heavy atom. The van der Waals surface area contributed by atoms with Gasteiger partial charge in [0.2, 0.25) is 0 Å². The molecule has 0 saturated heterocycles. The van der Waals surface area contributed by atoms with Crippen LogP contribution in [0.4, 0.5) is 4.39 Å². The van der Waals surface area contributed by atoms with Gasteiger partial charge in [0.25, 0.3) is 0 Å². The van der Waals surface area contributed by atoms with Gasteiger partial charge in [-0.05, 0) is 48.9 Å². The lowest BCUT2D eigenvalue weighted by Crippen LogP contribution is -2.06. The fraction of sp³-hybridized carbons (Fsp3) is 0.250. The molecule has 0 aliphatic heterocycles. The summed E-state index contributed by atoms with van der Waals surface area (Å²) in [6.45, 7) is 0.883. The zero-order valence-electron chi connectivity index (χ0n) is 11.7. The molecule has 112 valence electrons. The molecule has 0 bridgehead atoms. The van der Waals surface area contributed by atoms with Crippen LogP contribution in [-0.2, 0) is 13.0 Å². The highest BCUT2D eigenvalue weighted by Gasteiger charge is 2.07. The Morgan fingerprint density at radius 2 is 1.95 bits per heavy atom. The molecule has 0 radical (unpaired) electrons. The quantitative estimate of drug-likeness (QED) is 0.861. The molecule has 2 aromatic rings. The van der Waals surface area contributed by atoms with Gasteiger partial charge in [0, 0.05) is 10.0 Å². The average Bonchev–Trinajstić information content (AvgIpc) is 2.47. The fourth-order valence-corrected chi connectivity index (χ4v) is 2.43. The van der Waals surface area contributed by atoms with Crippen LogP contribution in [0.15, 0.2) is 40.9 Å². The lowest BCUT2D eigenvalue weighted by molar-refractivity contribution is 0.301. The standard InChI is InChI=1S/C16H17BrFNO2/c1-20-14-4-5-16(11(8-14)6-7-19)21-10-12-2-3-13(18)9-15(12)17/h2-5,8-9H,6-7,10,19H2,1H3. The van der Waals surface area contributed by atoms with Crippen LogP contribution in [0.5, 0.6) is 11.5 Å². The van der Waals surface area contributed by atoms with Gasteiger partial charge in [-0.15, -0.1) is 0 Å². The summed E-state index contributed by atoms with van der Waals surface area (Å²) in [5, 5.41) is 0. The third-order valence-electron chi connectivity index (χ3n) is 3.08. The van der Waals surface area contributed by atoms with Gasteiger partial charge in [-0.3, -0.25) is 0 Å². The number of rotatable bonds is 6. The molecular weight excluding hydrogens is 337 g/mol. The Bertz CT molecular complexity index is 619. The number of methoxy groups -OCH3 is 1. The van der Waals surface area contributed by atoms with Crippen LogP contribution >= 0.6 is 15.9 Å². The second kappa shape index (κ2) is 7.43. The lowest BCUT2D eigenvalue weighted by Gasteiger charge is -2.13. The van der Waals surface area contributed by atoms with Crippen LogP contribution in [0.1, 0.15) is 11.1 Å². The summed E-state index contributed by atoms with van der Waals surface area (Å²) in [7, 11) is 1.62. The molecule has 5 heteroatoms. The van der Waals surface area contributed by atoms with E-state index in [-0.39, 0.29) is 5.82 Å². The Balaban J connectivity index is 2.15. The summed E-state index contributed by atoms with van der Waals surface area (Å²) >= 11 is 3.33. The largest absolute Gasteiger partial charge is 0.497 e. The van der Waals surface area contributed by atoms with Crippen LogP contribution in [0.2, 0.25) is 0 Å². The van der Waals surface area contributed by atoms with Crippen molar-refractivity contribution in [1.82, 2.24) is 0 Å². The number of halogens is 2. The topological polar surface area (TPSA) is 44.5 Å². The maximum atomic E-state index is 13.1. The van der Waals surface area contributed by atoms with E-state index in [0.29, 0.717) is 24.0 Å². The zero-order valence-corrected chi connectivity index (χ0v) is 13.3. The van der Waals surface area contributed by atoms with E-state index in [0.717, 1.165) is 22.6 Å². The van der Waals surface area contributed by atoms with Crippen molar-refractivity contribution in [2.45, 2.75) is 13.0 Å². The van der Waals surface area contributed by atoms with Crippen molar-refractivity contribution < 1.29 is 13.9 Å². The van der Waals surface area contributed by atoms with Crippen molar-refractivity contribution in [1.29, 1.82) is 0 Å². The van der Waals surface area contributed by atoms with E-state index in [1.807, 2.05) is 18.2 Å². The zero-order chi connectivity index (χ0) is 15.2. The van der Waals surface area contributed by atoms with Crippen LogP contribution in [-0.4, -0.2) is 13.7 Å². The third kappa shape index (κ3) is 4.19. The second-order valence-corrected chi connectivity index (χ2v) is 5.39. The minimum Gasteiger partial charge on any atom is -0.497 e. The normalized spacial score (nSPS) is 10.5. The highest BCUT2D eigenvalue weighted by atomic mass is 79.9. The first-order chi connectivity index (χ1) is 10.1. The maximum Gasteiger partial charge on any atom is 0.124 e. The Morgan fingerprint density at radius 3 is 2.62 bits per heavy atom. The van der Waals surface area contributed by atoms with E-state index < -0.39 is 0 Å². The number of nitrogens with two attached hydrogens (primary N) is 1. The molecule has 3 nitrogen and oxygen atoms in total. The van der Waals surface area contributed by atoms with E-state index in [1.54, 1.807) is 13.2 Å². The second-order valence-electron chi connectivity index (χ2n) is 4.54. The molecule has 0 aromatic heterocycles. The minimum atomic E-state index is -0.279. The van der Waals surface area contributed by atoms with E-state index in [2.05, 4.69) is 15.9 Å². The minimum absolute atomic E-state index is 0.279. The average molecular weight is 354 g/mol. The molecule has 21 heavy (non-hydrogen) atoms. The molecule has 2 N–H and O–H groups in total. The van der Waals surface area contributed by atoms with Crippen molar-refractivity contribution in [2.75, 3.05) is 13.7 Å². The Hall–Kier alpha value is -1.59. The molecule has 0 atom stereocenters. The van der Waals surface area contributed by atoms with E-state index in [4.69, 9.17) is 15.2 Å². The van der Waals surface area contributed by atoms with Gasteiger partial charge < -0.3 is 15.2 Å². The Labute approximate surface area is 132 Å². The van der Waals surface area contributed by atoms with Gasteiger partial charge in [0.1, 0.15) is 23.9 Å². The summed E-state index contributed by atoms with van der Waals surface area (Å²) in [6.07, 6.45) is 0.705. The first kappa shape index (κ1) is 15.8. The van der Waals surface area contributed by atoms with Gasteiger partial charge in [-0.2, -0.15) is 0 Å². The van der Waals surface area contributed by atoms with Crippen LogP contribution < -0.4 is 15.2 Å². The smallest absolute Gasteiger partial charge is 0.124 e. The van der Waals surface area contributed by atoms with Crippen LogP contribution in [0.3, 0.4) is 0 Å². The number of hydrogen-bond acceptors (Lipinski definition) is 3. The van der Waals surface area contributed by atoms with Crippen LogP contribution in [0.25, 0.3) is 0 Å². The van der Waals surface area contributed by atoms with E-state index in [9.17, 15) is 4.39 Å². The number of ether oxygens (including phenoxy) is 2. The predicted octanol–water partition coefficient (Wildman–Crippen LogP) is 3.68. The molecule has 0 heterocycles. The van der Waals surface area contributed by atoms with Crippen molar-refractivity contribution in [3.8, 4) is 11.5 Å². The molecule has 0 amide bonds. The van der Waals surface area contributed by atoms with Gasteiger partial charge >= 0.3 is 0 Å². The predicted molar refractivity (Wildman–Crippen MR) is 84.2 cm³/mol. The summed E-state index contributed by atoms with van der Waals surface area (Å²) < 4.78 is 24.8. The molecular formula is C16H17BrFNO2.